The van der Waals surface area contributed by atoms with Crippen LogP contribution < -0.4 is 10.2 Å². The normalized spacial score (nSPS) is 14.2. The van der Waals surface area contributed by atoms with Gasteiger partial charge in [0.2, 0.25) is 5.91 Å². The molecular formula is C29H26ClFN4O2. The third-order valence-electron chi connectivity index (χ3n) is 6.44. The molecule has 188 valence electrons. The smallest absolute Gasteiger partial charge is 0.316 e. The first kappa shape index (κ1) is 24.6. The van der Waals surface area contributed by atoms with Crippen LogP contribution in [-0.4, -0.2) is 34.0 Å². The van der Waals surface area contributed by atoms with Crippen molar-refractivity contribution in [2.24, 2.45) is 0 Å². The minimum atomic E-state index is -0.497. The molecule has 0 saturated carbocycles. The Morgan fingerprint density at radius 3 is 2.41 bits per heavy atom. The topological polar surface area (TPSA) is 57.6 Å². The molecule has 1 atom stereocenters. The lowest BCUT2D eigenvalue weighted by Crippen LogP contribution is -2.49. The van der Waals surface area contributed by atoms with Gasteiger partial charge in [-0.1, -0.05) is 41.9 Å². The van der Waals surface area contributed by atoms with Crippen LogP contribution in [0.15, 0.2) is 91.1 Å². The molecule has 8 heteroatoms. The first-order valence-electron chi connectivity index (χ1n) is 12.0. The molecule has 1 aromatic heterocycles. The average molecular weight is 517 g/mol. The number of rotatable bonds is 5. The van der Waals surface area contributed by atoms with Gasteiger partial charge in [0.25, 0.3) is 0 Å². The molecule has 1 unspecified atom stereocenters. The summed E-state index contributed by atoms with van der Waals surface area (Å²) < 4.78 is 15.8. The van der Waals surface area contributed by atoms with E-state index in [0.717, 1.165) is 16.9 Å². The van der Waals surface area contributed by atoms with Crippen molar-refractivity contribution in [3.8, 4) is 5.69 Å². The number of benzene rings is 3. The minimum Gasteiger partial charge on any atom is -0.316 e. The van der Waals surface area contributed by atoms with Crippen LogP contribution in [0.3, 0.4) is 0 Å². The number of anilines is 2. The third kappa shape index (κ3) is 4.82. The number of hydrogen-bond acceptors (Lipinski definition) is 2. The first-order valence-corrected chi connectivity index (χ1v) is 12.4. The Kier molecular flexibility index (Phi) is 6.72. The number of aromatic nitrogens is 1. The van der Waals surface area contributed by atoms with Gasteiger partial charge in [-0.25, -0.2) is 9.18 Å². The van der Waals surface area contributed by atoms with Crippen LogP contribution in [0.25, 0.3) is 5.69 Å². The molecule has 37 heavy (non-hydrogen) atoms. The number of hydrogen-bond donors (Lipinski definition) is 1. The van der Waals surface area contributed by atoms with Gasteiger partial charge in [0.15, 0.2) is 0 Å². The van der Waals surface area contributed by atoms with E-state index in [4.69, 9.17) is 11.6 Å². The lowest BCUT2D eigenvalue weighted by molar-refractivity contribution is -0.119. The van der Waals surface area contributed by atoms with Crippen LogP contribution in [-0.2, 0) is 4.79 Å². The van der Waals surface area contributed by atoms with Gasteiger partial charge in [-0.15, -0.1) is 0 Å². The van der Waals surface area contributed by atoms with E-state index in [9.17, 15) is 14.0 Å². The van der Waals surface area contributed by atoms with Gasteiger partial charge >= 0.3 is 6.03 Å². The first-order chi connectivity index (χ1) is 17.8. The van der Waals surface area contributed by atoms with Gasteiger partial charge in [0.1, 0.15) is 18.4 Å². The average Bonchev–Trinajstić information content (AvgIpc) is 3.37. The second-order valence-corrected chi connectivity index (χ2v) is 9.61. The van der Waals surface area contributed by atoms with Gasteiger partial charge in [-0.2, -0.15) is 0 Å². The number of halogens is 2. The van der Waals surface area contributed by atoms with E-state index >= 15 is 0 Å². The molecule has 3 aromatic carbocycles. The molecule has 0 saturated heterocycles. The number of nitrogens with zero attached hydrogens (tertiary/aromatic N) is 3. The SMILES string of the molecule is CC(C)N(CC(=O)N1c2ccccc2-n2cccc2C1c1ccc(F)cc1)C(=O)Nc1cccc(Cl)c1. The Bertz CT molecular complexity index is 1450. The van der Waals surface area contributed by atoms with Crippen molar-refractivity contribution in [2.45, 2.75) is 25.9 Å². The third-order valence-corrected chi connectivity index (χ3v) is 6.67. The fourth-order valence-corrected chi connectivity index (χ4v) is 4.89. The summed E-state index contributed by atoms with van der Waals surface area (Å²) >= 11 is 6.07. The van der Waals surface area contributed by atoms with Crippen molar-refractivity contribution >= 4 is 34.9 Å². The molecule has 0 spiro atoms. The van der Waals surface area contributed by atoms with Gasteiger partial charge in [-0.05, 0) is 74.0 Å². The quantitative estimate of drug-likeness (QED) is 0.323. The number of amides is 3. The lowest BCUT2D eigenvalue weighted by Gasteiger charge is -2.40. The molecular weight excluding hydrogens is 491 g/mol. The number of fused-ring (bicyclic) bond motifs is 3. The number of carbonyl (C=O) groups excluding carboxylic acids is 2. The summed E-state index contributed by atoms with van der Waals surface area (Å²) in [4.78, 5) is 30.5. The fourth-order valence-electron chi connectivity index (χ4n) is 4.69. The Morgan fingerprint density at radius 1 is 0.973 bits per heavy atom. The van der Waals surface area contributed by atoms with E-state index in [1.165, 1.54) is 17.0 Å². The van der Waals surface area contributed by atoms with Crippen molar-refractivity contribution in [3.05, 3.63) is 113 Å². The number of para-hydroxylation sites is 2. The standard InChI is InChI=1S/C29H26ClFN4O2/c1-19(2)34(29(37)32-23-8-5-7-21(30)17-23)18-27(36)35-25-10-4-3-9-24(25)33-16-6-11-26(33)28(35)20-12-14-22(31)15-13-20/h3-17,19,28H,18H2,1-2H3,(H,32,37). The second kappa shape index (κ2) is 10.1. The molecule has 1 aliphatic heterocycles. The molecule has 1 aliphatic rings. The van der Waals surface area contributed by atoms with Crippen molar-refractivity contribution in [3.63, 3.8) is 0 Å². The zero-order valence-electron chi connectivity index (χ0n) is 20.4. The number of nitrogens with one attached hydrogen (secondary N) is 1. The second-order valence-electron chi connectivity index (χ2n) is 9.17. The Labute approximate surface area is 219 Å². The van der Waals surface area contributed by atoms with Crippen LogP contribution in [0.2, 0.25) is 5.02 Å². The maximum atomic E-state index is 14.1. The molecule has 4 aromatic rings. The summed E-state index contributed by atoms with van der Waals surface area (Å²) in [6, 6.07) is 23.4. The van der Waals surface area contributed by atoms with E-state index < -0.39 is 12.1 Å². The maximum absolute atomic E-state index is 14.1. The molecule has 2 heterocycles. The van der Waals surface area contributed by atoms with Crippen LogP contribution >= 0.6 is 11.6 Å². The molecule has 5 rings (SSSR count). The van der Waals surface area contributed by atoms with Crippen LogP contribution in [0, 0.1) is 5.82 Å². The molecule has 0 bridgehead atoms. The van der Waals surface area contributed by atoms with Crippen molar-refractivity contribution in [2.75, 3.05) is 16.8 Å². The summed E-state index contributed by atoms with van der Waals surface area (Å²) in [5.74, 6) is -0.610. The summed E-state index contributed by atoms with van der Waals surface area (Å²) in [5.41, 5.74) is 3.75. The summed E-state index contributed by atoms with van der Waals surface area (Å²) in [6.45, 7) is 3.56. The van der Waals surface area contributed by atoms with Crippen LogP contribution in [0.5, 0.6) is 0 Å². The highest BCUT2D eigenvalue weighted by Crippen LogP contribution is 2.42. The highest BCUT2D eigenvalue weighted by atomic mass is 35.5. The molecule has 3 amide bonds. The molecule has 0 fully saturated rings. The molecule has 6 nitrogen and oxygen atoms in total. The zero-order valence-corrected chi connectivity index (χ0v) is 21.2. The summed E-state index contributed by atoms with van der Waals surface area (Å²) in [5, 5.41) is 3.34. The van der Waals surface area contributed by atoms with Gasteiger partial charge in [0.05, 0.1) is 17.1 Å². The van der Waals surface area contributed by atoms with Gasteiger partial charge < -0.3 is 14.8 Å². The Morgan fingerprint density at radius 2 is 1.70 bits per heavy atom. The highest BCUT2D eigenvalue weighted by molar-refractivity contribution is 6.30. The minimum absolute atomic E-state index is 0.156. The molecule has 0 aliphatic carbocycles. The van der Waals surface area contributed by atoms with E-state index in [1.807, 2.05) is 61.0 Å². The Balaban J connectivity index is 1.51. The van der Waals surface area contributed by atoms with Crippen LogP contribution in [0.1, 0.15) is 31.1 Å². The Hall–Kier alpha value is -4.10. The predicted octanol–water partition coefficient (Wildman–Crippen LogP) is 6.65. The maximum Gasteiger partial charge on any atom is 0.322 e. The highest BCUT2D eigenvalue weighted by Gasteiger charge is 2.37. The molecule has 1 N–H and O–H groups in total. The predicted molar refractivity (Wildman–Crippen MR) is 144 cm³/mol. The summed E-state index contributed by atoms with van der Waals surface area (Å²) in [7, 11) is 0. The monoisotopic (exact) mass is 516 g/mol. The zero-order chi connectivity index (χ0) is 26.1. The lowest BCUT2D eigenvalue weighted by atomic mass is 9.97. The molecule has 0 radical (unpaired) electrons. The van der Waals surface area contributed by atoms with Crippen molar-refractivity contribution in [1.29, 1.82) is 0 Å². The number of carbonyl (C=O) groups is 2. The van der Waals surface area contributed by atoms with Crippen molar-refractivity contribution < 1.29 is 14.0 Å². The van der Waals surface area contributed by atoms with Gasteiger partial charge in [-0.3, -0.25) is 9.69 Å². The van der Waals surface area contributed by atoms with E-state index in [0.29, 0.717) is 16.4 Å². The van der Waals surface area contributed by atoms with Crippen molar-refractivity contribution in [1.82, 2.24) is 9.47 Å². The largest absolute Gasteiger partial charge is 0.322 e. The van der Waals surface area contributed by atoms with Gasteiger partial charge in [0, 0.05) is 22.9 Å². The van der Waals surface area contributed by atoms with E-state index in [2.05, 4.69) is 5.32 Å². The van der Waals surface area contributed by atoms with E-state index in [1.54, 1.807) is 41.3 Å². The van der Waals surface area contributed by atoms with E-state index in [-0.39, 0.29) is 24.3 Å². The number of urea groups is 1. The fraction of sp³-hybridized carbons (Fsp3) is 0.172. The summed E-state index contributed by atoms with van der Waals surface area (Å²) in [6.07, 6.45) is 1.95. The van der Waals surface area contributed by atoms with Crippen LogP contribution in [0.4, 0.5) is 20.6 Å².